The molecule has 3 heterocycles. The van der Waals surface area contributed by atoms with Gasteiger partial charge in [-0.25, -0.2) is 0 Å². The Kier molecular flexibility index (Phi) is 8.36. The minimum atomic E-state index is -0.390. The predicted octanol–water partition coefficient (Wildman–Crippen LogP) is 2.29. The van der Waals surface area contributed by atoms with E-state index in [1.54, 1.807) is 19.2 Å². The van der Waals surface area contributed by atoms with Crippen LogP contribution < -0.4 is 25.0 Å². The maximum absolute atomic E-state index is 13.6. The van der Waals surface area contributed by atoms with Gasteiger partial charge in [0, 0.05) is 56.3 Å². The maximum Gasteiger partial charge on any atom is 0.319 e. The highest BCUT2D eigenvalue weighted by Crippen LogP contribution is 2.30. The van der Waals surface area contributed by atoms with Crippen LogP contribution in [0.3, 0.4) is 0 Å². The van der Waals surface area contributed by atoms with Gasteiger partial charge in [-0.1, -0.05) is 24.3 Å². The summed E-state index contributed by atoms with van der Waals surface area (Å²) in [5.74, 6) is 0.823. The number of hydrogen-bond donors (Lipinski definition) is 2. The van der Waals surface area contributed by atoms with Crippen LogP contribution in [-0.4, -0.2) is 93.0 Å². The van der Waals surface area contributed by atoms with Crippen LogP contribution in [0, 0.1) is 11.3 Å². The molecule has 2 N–H and O–H groups in total. The number of piperazine rings is 1. The Morgan fingerprint density at radius 2 is 2.10 bits per heavy atom. The van der Waals surface area contributed by atoms with E-state index in [2.05, 4.69) is 36.5 Å². The van der Waals surface area contributed by atoms with Crippen LogP contribution >= 0.6 is 0 Å². The maximum atomic E-state index is 13.6. The smallest absolute Gasteiger partial charge is 0.319 e. The van der Waals surface area contributed by atoms with Gasteiger partial charge in [0.2, 0.25) is 0 Å². The van der Waals surface area contributed by atoms with E-state index in [-0.39, 0.29) is 36.4 Å². The largest absolute Gasteiger partial charge is 0.497 e. The summed E-state index contributed by atoms with van der Waals surface area (Å²) in [7, 11) is 3.64. The van der Waals surface area contributed by atoms with Crippen LogP contribution in [0.15, 0.2) is 42.5 Å². The molecule has 2 fully saturated rings. The van der Waals surface area contributed by atoms with Crippen molar-refractivity contribution in [1.29, 1.82) is 5.26 Å². The summed E-state index contributed by atoms with van der Waals surface area (Å²) in [5, 5.41) is 17.4. The molecule has 39 heavy (non-hydrogen) atoms. The van der Waals surface area contributed by atoms with E-state index in [9.17, 15) is 10.1 Å². The quantitative estimate of drug-likeness (QED) is 0.447. The Balaban J connectivity index is 1.43. The number of amides is 1. The second-order valence-electron chi connectivity index (χ2n) is 9.77. The number of rotatable bonds is 8. The summed E-state index contributed by atoms with van der Waals surface area (Å²) in [6, 6.07) is 15.5. The van der Waals surface area contributed by atoms with E-state index in [0.717, 1.165) is 23.9 Å². The van der Waals surface area contributed by atoms with Crippen LogP contribution in [0.25, 0.3) is 10.8 Å². The highest BCUT2D eigenvalue weighted by Gasteiger charge is 2.24. The molecule has 0 aliphatic carbocycles. The molecule has 2 atom stereocenters. The van der Waals surface area contributed by atoms with E-state index >= 15 is 0 Å². The van der Waals surface area contributed by atoms with E-state index in [1.165, 1.54) is 0 Å². The number of morpholine rings is 1. The molecule has 5 rings (SSSR count). The normalized spacial score (nSPS) is 19.9. The lowest BCUT2D eigenvalue weighted by Gasteiger charge is -2.33. The van der Waals surface area contributed by atoms with E-state index in [4.69, 9.17) is 14.2 Å². The number of fused-ring (bicyclic) bond motifs is 1. The van der Waals surface area contributed by atoms with Crippen molar-refractivity contribution in [3.8, 4) is 17.8 Å². The number of methoxy groups -OCH3 is 1. The van der Waals surface area contributed by atoms with Crippen LogP contribution in [0.4, 0.5) is 11.5 Å². The highest BCUT2D eigenvalue weighted by atomic mass is 16.5. The molecule has 2 saturated heterocycles. The fourth-order valence-electron chi connectivity index (χ4n) is 4.86. The first-order valence-electron chi connectivity index (χ1n) is 13.1. The number of nitrogens with zero attached hydrogens (tertiary/aromatic N) is 5. The first-order valence-corrected chi connectivity index (χ1v) is 13.1. The summed E-state index contributed by atoms with van der Waals surface area (Å²) in [6.45, 7) is 4.48. The van der Waals surface area contributed by atoms with Crippen molar-refractivity contribution in [3.63, 3.8) is 0 Å². The number of carbonyl (C=O) groups is 1. The molecule has 1 aromatic heterocycles. The molecular formula is C28H33N7O4. The SMILES string of the molecule is COc1cc(NC(=O)c2cc(N3CCN[C@@H](CC#N)C3)nc(OC[C@@H]3CN(C)CCO3)n2)c2ccccc2c1. The summed E-state index contributed by atoms with van der Waals surface area (Å²) < 4.78 is 17.2. The summed E-state index contributed by atoms with van der Waals surface area (Å²) in [4.78, 5) is 26.9. The van der Waals surface area contributed by atoms with E-state index < -0.39 is 0 Å². The zero-order valence-electron chi connectivity index (χ0n) is 22.2. The Morgan fingerprint density at radius 3 is 2.92 bits per heavy atom. The zero-order chi connectivity index (χ0) is 27.2. The molecule has 3 aromatic rings. The van der Waals surface area contributed by atoms with Gasteiger partial charge < -0.3 is 34.6 Å². The lowest BCUT2D eigenvalue weighted by Crippen LogP contribution is -2.51. The average molecular weight is 532 g/mol. The van der Waals surface area contributed by atoms with Gasteiger partial charge in [0.25, 0.3) is 5.91 Å². The highest BCUT2D eigenvalue weighted by molar-refractivity contribution is 6.09. The summed E-state index contributed by atoms with van der Waals surface area (Å²) in [6.07, 6.45) is 0.268. The molecule has 0 radical (unpaired) electrons. The lowest BCUT2D eigenvalue weighted by atomic mass is 10.1. The van der Waals surface area contributed by atoms with Gasteiger partial charge in [0.1, 0.15) is 30.0 Å². The number of ether oxygens (including phenoxy) is 3. The number of nitrogens with one attached hydrogen (secondary N) is 2. The first-order chi connectivity index (χ1) is 19.0. The van der Waals surface area contributed by atoms with Crippen molar-refractivity contribution in [2.24, 2.45) is 0 Å². The van der Waals surface area contributed by atoms with Gasteiger partial charge in [0.05, 0.1) is 31.9 Å². The fourth-order valence-corrected chi connectivity index (χ4v) is 4.86. The van der Waals surface area contributed by atoms with Gasteiger partial charge in [0.15, 0.2) is 0 Å². The van der Waals surface area contributed by atoms with Gasteiger partial charge in [-0.05, 0) is 18.5 Å². The number of hydrogen-bond acceptors (Lipinski definition) is 10. The van der Waals surface area contributed by atoms with Crippen LogP contribution in [-0.2, 0) is 4.74 Å². The van der Waals surface area contributed by atoms with Gasteiger partial charge in [-0.3, -0.25) is 4.79 Å². The molecule has 2 aromatic carbocycles. The third kappa shape index (κ3) is 6.54. The van der Waals surface area contributed by atoms with Crippen molar-refractivity contribution in [3.05, 3.63) is 48.2 Å². The zero-order valence-corrected chi connectivity index (χ0v) is 22.2. The number of aromatic nitrogens is 2. The number of carbonyl (C=O) groups excluding carboxylic acids is 1. The monoisotopic (exact) mass is 531 g/mol. The topological polar surface area (TPSA) is 125 Å². The average Bonchev–Trinajstić information content (AvgIpc) is 2.96. The van der Waals surface area contributed by atoms with Crippen molar-refractivity contribution >= 4 is 28.2 Å². The molecular weight excluding hydrogens is 498 g/mol. The van der Waals surface area contributed by atoms with Crippen molar-refractivity contribution in [2.75, 3.05) is 70.3 Å². The Morgan fingerprint density at radius 1 is 1.23 bits per heavy atom. The van der Waals surface area contributed by atoms with E-state index in [0.29, 0.717) is 49.9 Å². The number of anilines is 2. The molecule has 2 aliphatic rings. The minimum Gasteiger partial charge on any atom is -0.497 e. The molecule has 0 spiro atoms. The minimum absolute atomic E-state index is 0.00897. The standard InChI is InChI=1S/C28H33N7O4/c1-34-11-12-38-22(17-34)18-39-28-32-25(15-26(33-28)35-10-9-30-20(16-35)7-8-29)27(36)31-24-14-21(37-2)13-19-5-3-4-6-23(19)24/h3-6,13-15,20,22,30H,7,9-12,16-18H2,1-2H3,(H,31,36)/t20-,22-/m0/s1. The second-order valence-corrected chi connectivity index (χ2v) is 9.77. The fraction of sp³-hybridized carbons (Fsp3) is 0.429. The Labute approximate surface area is 227 Å². The van der Waals surface area contributed by atoms with Crippen LogP contribution in [0.5, 0.6) is 11.8 Å². The predicted molar refractivity (Wildman–Crippen MR) is 147 cm³/mol. The Bertz CT molecular complexity index is 1360. The molecule has 204 valence electrons. The van der Waals surface area contributed by atoms with Crippen molar-refractivity contribution < 1.29 is 19.0 Å². The first kappa shape index (κ1) is 26.6. The van der Waals surface area contributed by atoms with Gasteiger partial charge >= 0.3 is 6.01 Å². The number of benzene rings is 2. The van der Waals surface area contributed by atoms with Gasteiger partial charge in [-0.2, -0.15) is 15.2 Å². The van der Waals surface area contributed by atoms with Crippen LogP contribution in [0.1, 0.15) is 16.9 Å². The lowest BCUT2D eigenvalue weighted by molar-refractivity contribution is -0.0417. The molecule has 11 nitrogen and oxygen atoms in total. The van der Waals surface area contributed by atoms with Crippen molar-refractivity contribution in [1.82, 2.24) is 20.2 Å². The molecule has 0 saturated carbocycles. The molecule has 11 heteroatoms. The molecule has 2 aliphatic heterocycles. The Hall–Kier alpha value is -3.98. The number of likely N-dealkylation sites (N-methyl/N-ethyl adjacent to an activating group) is 1. The molecule has 0 unspecified atom stereocenters. The molecule has 0 bridgehead atoms. The van der Waals surface area contributed by atoms with Crippen LogP contribution in [0.2, 0.25) is 0 Å². The van der Waals surface area contributed by atoms with Crippen molar-refractivity contribution in [2.45, 2.75) is 18.6 Å². The van der Waals surface area contributed by atoms with E-state index in [1.807, 2.05) is 37.4 Å². The van der Waals surface area contributed by atoms with Gasteiger partial charge in [-0.15, -0.1) is 0 Å². The molecule has 1 amide bonds. The summed E-state index contributed by atoms with van der Waals surface area (Å²) in [5.41, 5.74) is 0.798. The third-order valence-electron chi connectivity index (χ3n) is 6.90. The third-order valence-corrected chi connectivity index (χ3v) is 6.90. The number of nitriles is 1. The summed E-state index contributed by atoms with van der Waals surface area (Å²) >= 11 is 0. The second kappa shape index (κ2) is 12.3.